The quantitative estimate of drug-likeness (QED) is 0.540. The Balaban J connectivity index is 2.97. The second-order valence-corrected chi connectivity index (χ2v) is 3.37. The van der Waals surface area contributed by atoms with Gasteiger partial charge in [0, 0.05) is 0 Å². The number of phenols is 2. The highest BCUT2D eigenvalue weighted by Gasteiger charge is 2.15. The van der Waals surface area contributed by atoms with Gasteiger partial charge < -0.3 is 21.1 Å². The van der Waals surface area contributed by atoms with E-state index in [2.05, 4.69) is 0 Å². The molecule has 5 nitrogen and oxygen atoms in total. The molecule has 1 unspecified atom stereocenters. The molecule has 0 bridgehead atoms. The number of phenolic OH excluding ortho intramolecular Hbond substituents is 2. The van der Waals surface area contributed by atoms with Crippen LogP contribution in [0.15, 0.2) is 12.1 Å². The largest absolute Gasteiger partial charge is 0.504 e. The van der Waals surface area contributed by atoms with Gasteiger partial charge in [-0.25, -0.2) is 0 Å². The average molecular weight is 211 g/mol. The molecule has 5 N–H and O–H groups in total. The molecule has 0 spiro atoms. The summed E-state index contributed by atoms with van der Waals surface area (Å²) in [7, 11) is 0. The molecule has 0 fully saturated rings. The van der Waals surface area contributed by atoms with Gasteiger partial charge in [0.05, 0.1) is 0 Å². The van der Waals surface area contributed by atoms with E-state index in [1.54, 1.807) is 13.0 Å². The van der Waals surface area contributed by atoms with Crippen molar-refractivity contribution < 1.29 is 20.1 Å². The smallest absolute Gasteiger partial charge is 0.320 e. The van der Waals surface area contributed by atoms with Gasteiger partial charge in [-0.15, -0.1) is 0 Å². The van der Waals surface area contributed by atoms with Crippen molar-refractivity contribution in [3.05, 3.63) is 23.3 Å². The summed E-state index contributed by atoms with van der Waals surface area (Å²) in [6, 6.07) is 1.85. The Morgan fingerprint density at radius 3 is 2.60 bits per heavy atom. The fraction of sp³-hybridized carbons (Fsp3) is 0.300. The summed E-state index contributed by atoms with van der Waals surface area (Å²) in [5.41, 5.74) is 6.42. The summed E-state index contributed by atoms with van der Waals surface area (Å²) in [4.78, 5) is 10.5. The highest BCUT2D eigenvalue weighted by Crippen LogP contribution is 2.30. The molecule has 1 rings (SSSR count). The van der Waals surface area contributed by atoms with Crippen molar-refractivity contribution in [1.29, 1.82) is 0 Å². The summed E-state index contributed by atoms with van der Waals surface area (Å²) in [6.45, 7) is 1.60. The maximum Gasteiger partial charge on any atom is 0.320 e. The van der Waals surface area contributed by atoms with E-state index in [1.807, 2.05) is 0 Å². The predicted octanol–water partition coefficient (Wildman–Crippen LogP) is 0.361. The molecule has 0 saturated carbocycles. The first kappa shape index (κ1) is 11.3. The minimum atomic E-state index is -1.10. The number of aromatic hydroxyl groups is 2. The van der Waals surface area contributed by atoms with Crippen molar-refractivity contribution in [2.75, 3.05) is 0 Å². The van der Waals surface area contributed by atoms with Crippen LogP contribution >= 0.6 is 0 Å². The number of rotatable bonds is 3. The van der Waals surface area contributed by atoms with Crippen LogP contribution in [0.2, 0.25) is 0 Å². The van der Waals surface area contributed by atoms with Crippen LogP contribution < -0.4 is 5.73 Å². The van der Waals surface area contributed by atoms with E-state index in [0.717, 1.165) is 0 Å². The molecule has 1 atom stereocenters. The van der Waals surface area contributed by atoms with Crippen LogP contribution in [0, 0.1) is 6.92 Å². The summed E-state index contributed by atoms with van der Waals surface area (Å²) >= 11 is 0. The molecule has 1 aromatic carbocycles. The number of aliphatic carboxylic acids is 1. The number of carboxylic acids is 1. The molecule has 0 aliphatic heterocycles. The molecular formula is C10H13NO4. The Kier molecular flexibility index (Phi) is 3.16. The van der Waals surface area contributed by atoms with Crippen molar-refractivity contribution in [1.82, 2.24) is 0 Å². The van der Waals surface area contributed by atoms with Crippen molar-refractivity contribution in [2.45, 2.75) is 19.4 Å². The third-order valence-corrected chi connectivity index (χ3v) is 2.28. The van der Waals surface area contributed by atoms with E-state index < -0.39 is 12.0 Å². The van der Waals surface area contributed by atoms with Gasteiger partial charge >= 0.3 is 5.97 Å². The van der Waals surface area contributed by atoms with Crippen LogP contribution in [0.5, 0.6) is 11.5 Å². The van der Waals surface area contributed by atoms with Crippen molar-refractivity contribution in [3.63, 3.8) is 0 Å². The monoisotopic (exact) mass is 211 g/mol. The average Bonchev–Trinajstić information content (AvgIpc) is 2.18. The van der Waals surface area contributed by atoms with Gasteiger partial charge in [-0.3, -0.25) is 4.79 Å². The zero-order valence-corrected chi connectivity index (χ0v) is 8.27. The molecule has 0 aromatic heterocycles. The molecule has 82 valence electrons. The minimum Gasteiger partial charge on any atom is -0.504 e. The van der Waals surface area contributed by atoms with Crippen molar-refractivity contribution in [3.8, 4) is 11.5 Å². The third-order valence-electron chi connectivity index (χ3n) is 2.28. The maximum atomic E-state index is 10.5. The van der Waals surface area contributed by atoms with E-state index in [9.17, 15) is 15.0 Å². The molecule has 1 aromatic rings. The molecule has 0 aliphatic rings. The van der Waals surface area contributed by atoms with E-state index in [1.165, 1.54) is 6.07 Å². The van der Waals surface area contributed by atoms with Gasteiger partial charge in [-0.2, -0.15) is 0 Å². The SMILES string of the molecule is Cc1c(CC(N)C(=O)O)ccc(O)c1O. The van der Waals surface area contributed by atoms with Crippen LogP contribution in [0.4, 0.5) is 0 Å². The molecule has 0 heterocycles. The number of nitrogens with two attached hydrogens (primary N) is 1. The van der Waals surface area contributed by atoms with Gasteiger partial charge in [0.15, 0.2) is 11.5 Å². The lowest BCUT2D eigenvalue weighted by Gasteiger charge is -2.11. The summed E-state index contributed by atoms with van der Waals surface area (Å²) in [5.74, 6) is -1.55. The third kappa shape index (κ3) is 2.38. The Morgan fingerprint density at radius 1 is 1.47 bits per heavy atom. The van der Waals surface area contributed by atoms with Crippen LogP contribution in [0.25, 0.3) is 0 Å². The predicted molar refractivity (Wildman–Crippen MR) is 53.8 cm³/mol. The first-order valence-electron chi connectivity index (χ1n) is 4.42. The lowest BCUT2D eigenvalue weighted by Crippen LogP contribution is -2.32. The van der Waals surface area contributed by atoms with Crippen LogP contribution in [-0.2, 0) is 11.2 Å². The Hall–Kier alpha value is -1.75. The Morgan fingerprint density at radius 2 is 2.07 bits per heavy atom. The second-order valence-electron chi connectivity index (χ2n) is 3.37. The second kappa shape index (κ2) is 4.18. The highest BCUT2D eigenvalue weighted by molar-refractivity contribution is 5.73. The first-order valence-corrected chi connectivity index (χ1v) is 4.42. The fourth-order valence-electron chi connectivity index (χ4n) is 1.27. The van der Waals surface area contributed by atoms with E-state index >= 15 is 0 Å². The topological polar surface area (TPSA) is 104 Å². The number of hydrogen-bond donors (Lipinski definition) is 4. The number of hydrogen-bond acceptors (Lipinski definition) is 4. The summed E-state index contributed by atoms with van der Waals surface area (Å²) in [5, 5.41) is 27.2. The van der Waals surface area contributed by atoms with Gasteiger partial charge in [-0.05, 0) is 30.5 Å². The van der Waals surface area contributed by atoms with E-state index in [-0.39, 0.29) is 17.9 Å². The zero-order valence-electron chi connectivity index (χ0n) is 8.27. The van der Waals surface area contributed by atoms with Crippen molar-refractivity contribution in [2.24, 2.45) is 5.73 Å². The molecule has 15 heavy (non-hydrogen) atoms. The molecule has 0 saturated heterocycles. The number of carbonyl (C=O) groups is 1. The highest BCUT2D eigenvalue weighted by atomic mass is 16.4. The number of benzene rings is 1. The number of carboxylic acid groups (broad SMARTS) is 1. The van der Waals surface area contributed by atoms with Gasteiger partial charge in [0.25, 0.3) is 0 Å². The van der Waals surface area contributed by atoms with E-state index in [4.69, 9.17) is 10.8 Å². The van der Waals surface area contributed by atoms with Gasteiger partial charge in [-0.1, -0.05) is 6.07 Å². The molecule has 0 amide bonds. The normalized spacial score (nSPS) is 12.4. The standard InChI is InChI=1S/C10H13NO4/c1-5-6(4-7(11)10(14)15)2-3-8(12)9(5)13/h2-3,7,12-13H,4,11H2,1H3,(H,14,15). The molecular weight excluding hydrogens is 198 g/mol. The zero-order chi connectivity index (χ0) is 11.6. The Labute approximate surface area is 86.8 Å². The first-order chi connectivity index (χ1) is 6.93. The van der Waals surface area contributed by atoms with Crippen LogP contribution in [-0.4, -0.2) is 27.3 Å². The van der Waals surface area contributed by atoms with Gasteiger partial charge in [0.2, 0.25) is 0 Å². The fourth-order valence-corrected chi connectivity index (χ4v) is 1.27. The van der Waals surface area contributed by atoms with E-state index in [0.29, 0.717) is 11.1 Å². The molecule has 5 heteroatoms. The molecule has 0 radical (unpaired) electrons. The minimum absolute atomic E-state index is 0.120. The van der Waals surface area contributed by atoms with Crippen molar-refractivity contribution >= 4 is 5.97 Å². The lowest BCUT2D eigenvalue weighted by atomic mass is 10.0. The van der Waals surface area contributed by atoms with Crippen LogP contribution in [0.1, 0.15) is 11.1 Å². The van der Waals surface area contributed by atoms with Crippen LogP contribution in [0.3, 0.4) is 0 Å². The molecule has 0 aliphatic carbocycles. The summed E-state index contributed by atoms with van der Waals surface area (Å²) in [6.07, 6.45) is 0.120. The lowest BCUT2D eigenvalue weighted by molar-refractivity contribution is -0.138. The summed E-state index contributed by atoms with van der Waals surface area (Å²) < 4.78 is 0. The Bertz CT molecular complexity index is 389. The maximum absolute atomic E-state index is 10.5. The van der Waals surface area contributed by atoms with Gasteiger partial charge in [0.1, 0.15) is 6.04 Å².